The number of rotatable bonds is 5. The topological polar surface area (TPSA) is 29.1 Å². The lowest BCUT2D eigenvalue weighted by Crippen LogP contribution is -2.25. The molecule has 1 aromatic rings. The maximum absolute atomic E-state index is 11.7. The van der Waals surface area contributed by atoms with E-state index in [9.17, 15) is 4.79 Å². The minimum Gasteiger partial charge on any atom is -0.352 e. The Labute approximate surface area is 102 Å². The summed E-state index contributed by atoms with van der Waals surface area (Å²) in [5, 5.41) is 3.01. The molecule has 0 saturated carbocycles. The third-order valence-electron chi connectivity index (χ3n) is 2.50. The van der Waals surface area contributed by atoms with E-state index < -0.39 is 0 Å². The highest BCUT2D eigenvalue weighted by Gasteiger charge is 2.05. The molecule has 1 rings (SSSR count). The van der Waals surface area contributed by atoms with Crippen molar-refractivity contribution in [1.29, 1.82) is 0 Å². The Morgan fingerprint density at radius 2 is 2.00 bits per heavy atom. The van der Waals surface area contributed by atoms with E-state index in [0.717, 1.165) is 18.4 Å². The first-order valence-electron chi connectivity index (χ1n) is 5.62. The van der Waals surface area contributed by atoms with Crippen LogP contribution in [-0.2, 0) is 0 Å². The van der Waals surface area contributed by atoms with Gasteiger partial charge in [-0.3, -0.25) is 4.79 Å². The van der Waals surface area contributed by atoms with E-state index in [4.69, 9.17) is 11.6 Å². The number of halogens is 1. The fourth-order valence-corrected chi connectivity index (χ4v) is 1.46. The summed E-state index contributed by atoms with van der Waals surface area (Å²) in [6, 6.07) is 7.54. The Kier molecular flexibility index (Phi) is 5.33. The molecule has 16 heavy (non-hydrogen) atoms. The molecule has 1 N–H and O–H groups in total. The maximum Gasteiger partial charge on any atom is 0.251 e. The molecular weight excluding hydrogens is 222 g/mol. The van der Waals surface area contributed by atoms with Gasteiger partial charge in [0.2, 0.25) is 0 Å². The summed E-state index contributed by atoms with van der Waals surface area (Å²) >= 11 is 5.96. The molecule has 0 spiro atoms. The largest absolute Gasteiger partial charge is 0.352 e. The molecule has 0 aliphatic heterocycles. The van der Waals surface area contributed by atoms with Crippen molar-refractivity contribution < 1.29 is 4.79 Å². The Morgan fingerprint density at radius 3 is 2.56 bits per heavy atom. The lowest BCUT2D eigenvalue weighted by Gasteiger charge is -2.08. The second kappa shape index (κ2) is 6.54. The first kappa shape index (κ1) is 13.0. The Bertz CT molecular complexity index is 334. The van der Waals surface area contributed by atoms with Gasteiger partial charge >= 0.3 is 0 Å². The Balaban J connectivity index is 2.38. The van der Waals surface area contributed by atoms with Crippen molar-refractivity contribution in [2.75, 3.05) is 6.54 Å². The standard InChI is InChI=1S/C13H18ClNO/c1-3-12(14)8-9-15-13(16)11-6-4-10(2)5-7-11/h4-7,12H,3,8-9H2,1-2H3,(H,15,16). The van der Waals surface area contributed by atoms with Crippen LogP contribution < -0.4 is 5.32 Å². The van der Waals surface area contributed by atoms with Gasteiger partial charge in [0, 0.05) is 17.5 Å². The summed E-state index contributed by atoms with van der Waals surface area (Å²) in [6.45, 7) is 4.68. The zero-order valence-corrected chi connectivity index (χ0v) is 10.6. The van der Waals surface area contributed by atoms with E-state index in [-0.39, 0.29) is 11.3 Å². The van der Waals surface area contributed by atoms with E-state index in [1.54, 1.807) is 0 Å². The van der Waals surface area contributed by atoms with Crippen LogP contribution in [0.2, 0.25) is 0 Å². The van der Waals surface area contributed by atoms with Gasteiger partial charge in [-0.1, -0.05) is 24.6 Å². The number of alkyl halides is 1. The van der Waals surface area contributed by atoms with Crippen LogP contribution in [0.15, 0.2) is 24.3 Å². The van der Waals surface area contributed by atoms with E-state index in [0.29, 0.717) is 12.1 Å². The van der Waals surface area contributed by atoms with Crippen molar-refractivity contribution in [3.8, 4) is 0 Å². The summed E-state index contributed by atoms with van der Waals surface area (Å²) in [4.78, 5) is 11.7. The van der Waals surface area contributed by atoms with Gasteiger partial charge in [-0.25, -0.2) is 0 Å². The number of amides is 1. The van der Waals surface area contributed by atoms with Gasteiger partial charge < -0.3 is 5.32 Å². The van der Waals surface area contributed by atoms with Gasteiger partial charge in [-0.2, -0.15) is 0 Å². The highest BCUT2D eigenvalue weighted by atomic mass is 35.5. The van der Waals surface area contributed by atoms with Crippen molar-refractivity contribution in [3.63, 3.8) is 0 Å². The molecule has 0 radical (unpaired) electrons. The highest BCUT2D eigenvalue weighted by molar-refractivity contribution is 6.20. The molecule has 0 aliphatic carbocycles. The Hall–Kier alpha value is -1.02. The van der Waals surface area contributed by atoms with Crippen LogP contribution in [0, 0.1) is 6.92 Å². The summed E-state index contributed by atoms with van der Waals surface area (Å²) in [5.74, 6) is -0.0278. The second-order valence-corrected chi connectivity index (χ2v) is 4.53. The van der Waals surface area contributed by atoms with Crippen molar-refractivity contribution in [3.05, 3.63) is 35.4 Å². The zero-order valence-electron chi connectivity index (χ0n) is 9.79. The van der Waals surface area contributed by atoms with Crippen molar-refractivity contribution in [1.82, 2.24) is 5.32 Å². The van der Waals surface area contributed by atoms with Crippen LogP contribution in [0.5, 0.6) is 0 Å². The van der Waals surface area contributed by atoms with Gasteiger partial charge in [0.25, 0.3) is 5.91 Å². The highest BCUT2D eigenvalue weighted by Crippen LogP contribution is 2.06. The first-order valence-corrected chi connectivity index (χ1v) is 6.06. The molecule has 88 valence electrons. The SMILES string of the molecule is CCC(Cl)CCNC(=O)c1ccc(C)cc1. The van der Waals surface area contributed by atoms with Gasteiger partial charge in [-0.05, 0) is 31.9 Å². The molecule has 0 fully saturated rings. The summed E-state index contributed by atoms with van der Waals surface area (Å²) < 4.78 is 0. The molecule has 0 saturated heterocycles. The van der Waals surface area contributed by atoms with E-state index in [1.165, 1.54) is 0 Å². The molecular formula is C13H18ClNO. The third kappa shape index (κ3) is 4.23. The predicted octanol–water partition coefficient (Wildman–Crippen LogP) is 3.13. The Morgan fingerprint density at radius 1 is 1.38 bits per heavy atom. The molecule has 0 aromatic heterocycles. The monoisotopic (exact) mass is 239 g/mol. The lowest BCUT2D eigenvalue weighted by atomic mass is 10.1. The van der Waals surface area contributed by atoms with Crippen LogP contribution in [-0.4, -0.2) is 17.8 Å². The molecule has 3 heteroatoms. The van der Waals surface area contributed by atoms with E-state index in [1.807, 2.05) is 38.1 Å². The third-order valence-corrected chi connectivity index (χ3v) is 3.03. The maximum atomic E-state index is 11.7. The average Bonchev–Trinajstić information content (AvgIpc) is 2.29. The minimum absolute atomic E-state index is 0.0278. The summed E-state index contributed by atoms with van der Waals surface area (Å²) in [5.41, 5.74) is 1.86. The van der Waals surface area contributed by atoms with Crippen molar-refractivity contribution in [2.45, 2.75) is 32.1 Å². The quantitative estimate of drug-likeness (QED) is 0.786. The van der Waals surface area contributed by atoms with Crippen LogP contribution in [0.4, 0.5) is 0 Å². The number of carbonyl (C=O) groups excluding carboxylic acids is 1. The number of benzene rings is 1. The predicted molar refractivity (Wildman–Crippen MR) is 68.1 cm³/mol. The molecule has 1 aromatic carbocycles. The molecule has 1 amide bonds. The molecule has 1 unspecified atom stereocenters. The van der Waals surface area contributed by atoms with Gasteiger partial charge in [0.15, 0.2) is 0 Å². The van der Waals surface area contributed by atoms with Crippen molar-refractivity contribution >= 4 is 17.5 Å². The second-order valence-electron chi connectivity index (χ2n) is 3.92. The minimum atomic E-state index is -0.0278. The molecule has 0 aliphatic rings. The lowest BCUT2D eigenvalue weighted by molar-refractivity contribution is 0.0953. The molecule has 1 atom stereocenters. The van der Waals surface area contributed by atoms with E-state index in [2.05, 4.69) is 5.32 Å². The summed E-state index contributed by atoms with van der Waals surface area (Å²) in [6.07, 6.45) is 1.75. The van der Waals surface area contributed by atoms with Crippen LogP contribution in [0.1, 0.15) is 35.7 Å². The number of hydrogen-bond donors (Lipinski definition) is 1. The normalized spacial score (nSPS) is 12.2. The van der Waals surface area contributed by atoms with E-state index >= 15 is 0 Å². The van der Waals surface area contributed by atoms with Gasteiger partial charge in [0.05, 0.1) is 0 Å². The average molecular weight is 240 g/mol. The molecule has 0 heterocycles. The number of nitrogens with one attached hydrogen (secondary N) is 1. The molecule has 0 bridgehead atoms. The zero-order chi connectivity index (χ0) is 12.0. The van der Waals surface area contributed by atoms with Gasteiger partial charge in [0.1, 0.15) is 0 Å². The van der Waals surface area contributed by atoms with Crippen LogP contribution >= 0.6 is 11.6 Å². The molecule has 2 nitrogen and oxygen atoms in total. The number of aryl methyl sites for hydroxylation is 1. The smallest absolute Gasteiger partial charge is 0.251 e. The number of carbonyl (C=O) groups is 1. The number of hydrogen-bond acceptors (Lipinski definition) is 1. The van der Waals surface area contributed by atoms with Crippen LogP contribution in [0.25, 0.3) is 0 Å². The summed E-state index contributed by atoms with van der Waals surface area (Å²) in [7, 11) is 0. The fraction of sp³-hybridized carbons (Fsp3) is 0.462. The van der Waals surface area contributed by atoms with Crippen molar-refractivity contribution in [2.24, 2.45) is 0 Å². The van der Waals surface area contributed by atoms with Gasteiger partial charge in [-0.15, -0.1) is 11.6 Å². The first-order chi connectivity index (χ1) is 7.63. The fourth-order valence-electron chi connectivity index (χ4n) is 1.35. The van der Waals surface area contributed by atoms with Crippen LogP contribution in [0.3, 0.4) is 0 Å².